The van der Waals surface area contributed by atoms with E-state index in [2.05, 4.69) is 10.0 Å². The van der Waals surface area contributed by atoms with E-state index in [-0.39, 0.29) is 30.3 Å². The predicted molar refractivity (Wildman–Crippen MR) is 99.3 cm³/mol. The first-order valence-electron chi connectivity index (χ1n) is 7.86. The van der Waals surface area contributed by atoms with E-state index in [0.29, 0.717) is 10.6 Å². The molecule has 0 heterocycles. The Morgan fingerprint density at radius 1 is 1.08 bits per heavy atom. The second-order valence-corrected chi connectivity index (χ2v) is 7.93. The Labute approximate surface area is 153 Å². The standard InChI is InChI=1S/C18H21ClN2O3S/c1-13-7-8-14(2)17(11-13)25(23,24)21-10-9-20-18(22)12-15-5-3-4-6-16(15)19/h3-8,11,21H,9-10,12H2,1-2H3,(H,20,22). The molecular weight excluding hydrogens is 360 g/mol. The van der Waals surface area contributed by atoms with Crippen molar-refractivity contribution >= 4 is 27.5 Å². The SMILES string of the molecule is Cc1ccc(C)c(S(=O)(=O)NCCNC(=O)Cc2ccccc2Cl)c1. The van der Waals surface area contributed by atoms with Gasteiger partial charge < -0.3 is 5.32 Å². The highest BCUT2D eigenvalue weighted by Gasteiger charge is 2.16. The number of benzene rings is 2. The molecule has 2 rings (SSSR count). The van der Waals surface area contributed by atoms with E-state index in [1.807, 2.05) is 19.1 Å². The molecule has 134 valence electrons. The molecule has 2 aromatic carbocycles. The zero-order valence-corrected chi connectivity index (χ0v) is 15.7. The van der Waals surface area contributed by atoms with Crippen molar-refractivity contribution in [2.24, 2.45) is 0 Å². The molecule has 7 heteroatoms. The Morgan fingerprint density at radius 2 is 1.80 bits per heavy atom. The Kier molecular flexibility index (Phi) is 6.58. The molecule has 0 spiro atoms. The summed E-state index contributed by atoms with van der Waals surface area (Å²) in [5, 5.41) is 3.22. The lowest BCUT2D eigenvalue weighted by molar-refractivity contribution is -0.120. The van der Waals surface area contributed by atoms with E-state index >= 15 is 0 Å². The number of carbonyl (C=O) groups is 1. The molecule has 0 unspecified atom stereocenters. The second-order valence-electron chi connectivity index (χ2n) is 5.78. The van der Waals surface area contributed by atoms with E-state index in [9.17, 15) is 13.2 Å². The van der Waals surface area contributed by atoms with Crippen LogP contribution in [-0.4, -0.2) is 27.4 Å². The van der Waals surface area contributed by atoms with E-state index in [0.717, 1.165) is 11.1 Å². The Bertz CT molecular complexity index is 866. The molecule has 0 saturated heterocycles. The van der Waals surface area contributed by atoms with Gasteiger partial charge in [-0.25, -0.2) is 13.1 Å². The highest BCUT2D eigenvalue weighted by Crippen LogP contribution is 2.16. The molecule has 2 N–H and O–H groups in total. The van der Waals surface area contributed by atoms with Gasteiger partial charge in [-0.2, -0.15) is 0 Å². The molecule has 0 aromatic heterocycles. The molecule has 2 aromatic rings. The van der Waals surface area contributed by atoms with Crippen LogP contribution in [0.2, 0.25) is 5.02 Å². The number of hydrogen-bond acceptors (Lipinski definition) is 3. The van der Waals surface area contributed by atoms with Gasteiger partial charge in [-0.3, -0.25) is 4.79 Å². The molecule has 0 atom stereocenters. The van der Waals surface area contributed by atoms with Gasteiger partial charge in [0.25, 0.3) is 0 Å². The zero-order chi connectivity index (χ0) is 18.4. The lowest BCUT2D eigenvalue weighted by Gasteiger charge is -2.11. The summed E-state index contributed by atoms with van der Waals surface area (Å²) in [5.74, 6) is -0.209. The summed E-state index contributed by atoms with van der Waals surface area (Å²) in [6, 6.07) is 12.4. The van der Waals surface area contributed by atoms with Gasteiger partial charge in [0.05, 0.1) is 11.3 Å². The Morgan fingerprint density at radius 3 is 2.52 bits per heavy atom. The van der Waals surface area contributed by atoms with Crippen molar-refractivity contribution < 1.29 is 13.2 Å². The number of halogens is 1. The summed E-state index contributed by atoms with van der Waals surface area (Å²) < 4.78 is 27.2. The molecule has 0 bridgehead atoms. The Hall–Kier alpha value is -1.89. The minimum Gasteiger partial charge on any atom is -0.354 e. The first-order valence-corrected chi connectivity index (χ1v) is 9.73. The van der Waals surface area contributed by atoms with Crippen LogP contribution in [0.1, 0.15) is 16.7 Å². The van der Waals surface area contributed by atoms with Gasteiger partial charge >= 0.3 is 0 Å². The largest absolute Gasteiger partial charge is 0.354 e. The van der Waals surface area contributed by atoms with Crippen LogP contribution >= 0.6 is 11.6 Å². The van der Waals surface area contributed by atoms with Gasteiger partial charge in [0.2, 0.25) is 15.9 Å². The van der Waals surface area contributed by atoms with Crippen molar-refractivity contribution in [3.63, 3.8) is 0 Å². The summed E-state index contributed by atoms with van der Waals surface area (Å²) in [5.41, 5.74) is 2.29. The van der Waals surface area contributed by atoms with E-state index < -0.39 is 10.0 Å². The van der Waals surface area contributed by atoms with Crippen LogP contribution in [0.3, 0.4) is 0 Å². The van der Waals surface area contributed by atoms with Gasteiger partial charge in [0, 0.05) is 18.1 Å². The maximum absolute atomic E-state index is 12.3. The average molecular weight is 381 g/mol. The van der Waals surface area contributed by atoms with Crippen LogP contribution in [0, 0.1) is 13.8 Å². The minimum absolute atomic E-state index is 0.115. The molecule has 0 saturated carbocycles. The van der Waals surface area contributed by atoms with E-state index in [1.54, 1.807) is 37.3 Å². The number of hydrogen-bond donors (Lipinski definition) is 2. The van der Waals surface area contributed by atoms with Gasteiger partial charge in [-0.1, -0.05) is 41.9 Å². The fourth-order valence-electron chi connectivity index (χ4n) is 2.34. The number of rotatable bonds is 7. The van der Waals surface area contributed by atoms with Gasteiger partial charge in [-0.15, -0.1) is 0 Å². The number of nitrogens with one attached hydrogen (secondary N) is 2. The predicted octanol–water partition coefficient (Wildman–Crippen LogP) is 2.59. The molecule has 0 aliphatic carbocycles. The molecule has 0 aliphatic heterocycles. The monoisotopic (exact) mass is 380 g/mol. The first kappa shape index (κ1) is 19.4. The van der Waals surface area contributed by atoms with E-state index in [1.165, 1.54) is 0 Å². The minimum atomic E-state index is -3.60. The third-order valence-corrected chi connectivity index (χ3v) is 5.65. The van der Waals surface area contributed by atoms with Crippen molar-refractivity contribution in [2.75, 3.05) is 13.1 Å². The molecule has 25 heavy (non-hydrogen) atoms. The number of carbonyl (C=O) groups excluding carboxylic acids is 1. The van der Waals surface area contributed by atoms with Crippen molar-refractivity contribution in [3.8, 4) is 0 Å². The fourth-order valence-corrected chi connectivity index (χ4v) is 3.90. The topological polar surface area (TPSA) is 75.3 Å². The molecular formula is C18H21ClN2O3S. The molecule has 0 aliphatic rings. The summed E-state index contributed by atoms with van der Waals surface area (Å²) in [6.45, 7) is 3.91. The fraction of sp³-hybridized carbons (Fsp3) is 0.278. The third-order valence-electron chi connectivity index (χ3n) is 3.68. The van der Waals surface area contributed by atoms with Crippen molar-refractivity contribution in [3.05, 3.63) is 64.2 Å². The van der Waals surface area contributed by atoms with Crippen LogP contribution in [0.4, 0.5) is 0 Å². The van der Waals surface area contributed by atoms with Gasteiger partial charge in [0.15, 0.2) is 0 Å². The quantitative estimate of drug-likeness (QED) is 0.725. The number of aryl methyl sites for hydroxylation is 2. The summed E-state index contributed by atoms with van der Waals surface area (Å²) in [4.78, 5) is 12.2. The molecule has 5 nitrogen and oxygen atoms in total. The van der Waals surface area contributed by atoms with Crippen LogP contribution in [0.5, 0.6) is 0 Å². The van der Waals surface area contributed by atoms with Crippen LogP contribution in [0.15, 0.2) is 47.4 Å². The average Bonchev–Trinajstić information content (AvgIpc) is 2.56. The lowest BCUT2D eigenvalue weighted by Crippen LogP contribution is -2.35. The summed E-state index contributed by atoms with van der Waals surface area (Å²) in [6.07, 6.45) is 0.156. The van der Waals surface area contributed by atoms with Crippen molar-refractivity contribution in [2.45, 2.75) is 25.2 Å². The lowest BCUT2D eigenvalue weighted by atomic mass is 10.1. The smallest absolute Gasteiger partial charge is 0.240 e. The summed E-state index contributed by atoms with van der Waals surface area (Å²) in [7, 11) is -3.60. The highest BCUT2D eigenvalue weighted by molar-refractivity contribution is 7.89. The molecule has 1 amide bonds. The van der Waals surface area contributed by atoms with Crippen LogP contribution in [0.25, 0.3) is 0 Å². The highest BCUT2D eigenvalue weighted by atomic mass is 35.5. The zero-order valence-electron chi connectivity index (χ0n) is 14.2. The molecule has 0 fully saturated rings. The molecule has 0 radical (unpaired) electrons. The normalized spacial score (nSPS) is 11.3. The third kappa shape index (κ3) is 5.56. The first-order chi connectivity index (χ1) is 11.8. The van der Waals surface area contributed by atoms with Crippen molar-refractivity contribution in [1.29, 1.82) is 0 Å². The van der Waals surface area contributed by atoms with Crippen LogP contribution < -0.4 is 10.0 Å². The van der Waals surface area contributed by atoms with Crippen molar-refractivity contribution in [1.82, 2.24) is 10.0 Å². The maximum Gasteiger partial charge on any atom is 0.240 e. The van der Waals surface area contributed by atoms with Crippen LogP contribution in [-0.2, 0) is 21.2 Å². The second kappa shape index (κ2) is 8.47. The van der Waals surface area contributed by atoms with E-state index in [4.69, 9.17) is 11.6 Å². The number of amides is 1. The van der Waals surface area contributed by atoms with Gasteiger partial charge in [-0.05, 0) is 42.7 Å². The number of sulfonamides is 1. The summed E-state index contributed by atoms with van der Waals surface area (Å²) >= 11 is 6.01. The Balaban J connectivity index is 1.85. The maximum atomic E-state index is 12.3. The van der Waals surface area contributed by atoms with Gasteiger partial charge in [0.1, 0.15) is 0 Å².